The first-order chi connectivity index (χ1) is 20.2. The van der Waals surface area contributed by atoms with Gasteiger partial charge in [-0.05, 0) is 41.8 Å². The van der Waals surface area contributed by atoms with Crippen LogP contribution in [0.2, 0.25) is 0 Å². The Morgan fingerprint density at radius 3 is 1.50 bits per heavy atom. The summed E-state index contributed by atoms with van der Waals surface area (Å²) in [6.07, 6.45) is 0. The van der Waals surface area contributed by atoms with Crippen LogP contribution in [0.3, 0.4) is 0 Å². The predicted molar refractivity (Wildman–Crippen MR) is 149 cm³/mol. The van der Waals surface area contributed by atoms with Crippen LogP contribution >= 0.6 is 0 Å². The number of azo groups is 1. The van der Waals surface area contributed by atoms with Gasteiger partial charge in [-0.25, -0.2) is 0 Å². The summed E-state index contributed by atoms with van der Waals surface area (Å²) < 4.78 is 167. The summed E-state index contributed by atoms with van der Waals surface area (Å²) in [5.74, 6) is -2.61. The minimum Gasteiger partial charge on any atom is -0.505 e. The van der Waals surface area contributed by atoms with E-state index in [0.717, 1.165) is 0 Å². The van der Waals surface area contributed by atoms with Crippen molar-refractivity contribution < 1.29 is 92.1 Å². The second kappa shape index (κ2) is 11.6. The SMILES string of the molecule is Nc1cc(S(=O)(=O)O)cc2cc(S(=O)(=O)O)c(N=Nc3cc(S(=O)(=O)O)c4cc(S(=O)(=O)O)cc(S(=O)(=O)O)c4c3O)c(O)c12.[Cu]. The standard InChI is InChI=1S/C20H15N3O17S5.Cu/c21-11-4-8(41(26,27)28)1-7-2-15(45(38,39)40)18(20(25)16(7)11)23-22-12-6-13(43(32,33)34)10-3-9(42(29,30)31)5-14(44(35,36)37)17(10)19(12)24;/h1-6,24-25H,21H2,(H,26,27,28)(H,29,30,31)(H,32,33,34)(H,35,36,37)(H,38,39,40);. The number of rotatable bonds is 7. The van der Waals surface area contributed by atoms with Gasteiger partial charge in [0.15, 0.2) is 11.5 Å². The maximum Gasteiger partial charge on any atom is 0.296 e. The van der Waals surface area contributed by atoms with E-state index in [4.69, 9.17) is 5.73 Å². The molecular formula is C20H15CuN3O17S5. The molecule has 0 spiro atoms. The van der Waals surface area contributed by atoms with Gasteiger partial charge in [-0.15, -0.1) is 10.2 Å². The molecule has 26 heteroatoms. The molecule has 0 saturated heterocycles. The Balaban J connectivity index is 0.00000576. The third-order valence-corrected chi connectivity index (χ3v) is 10.2. The van der Waals surface area contributed by atoms with Crippen molar-refractivity contribution in [3.63, 3.8) is 0 Å². The van der Waals surface area contributed by atoms with Gasteiger partial charge >= 0.3 is 0 Å². The number of phenolic OH excluding ortho intramolecular Hbond substituents is 2. The van der Waals surface area contributed by atoms with Crippen LogP contribution in [0.1, 0.15) is 0 Å². The summed E-state index contributed by atoms with van der Waals surface area (Å²) in [6, 6.07) is 2.50. The van der Waals surface area contributed by atoms with Crippen LogP contribution in [0.4, 0.5) is 17.1 Å². The first-order valence-corrected chi connectivity index (χ1v) is 18.1. The first kappa shape index (κ1) is 36.9. The summed E-state index contributed by atoms with van der Waals surface area (Å²) in [7, 11) is -26.7. The number of nitrogens with zero attached hydrogens (tertiary/aromatic N) is 2. The molecule has 0 aromatic heterocycles. The van der Waals surface area contributed by atoms with Crippen LogP contribution in [0.15, 0.2) is 71.1 Å². The molecule has 1 radical (unpaired) electrons. The van der Waals surface area contributed by atoms with E-state index in [0.29, 0.717) is 24.3 Å². The van der Waals surface area contributed by atoms with Crippen LogP contribution in [0.5, 0.6) is 11.5 Å². The summed E-state index contributed by atoms with van der Waals surface area (Å²) in [6.45, 7) is 0. The predicted octanol–water partition coefficient (Wildman–Crippen LogP) is 1.63. The van der Waals surface area contributed by atoms with Crippen molar-refractivity contribution in [2.24, 2.45) is 10.2 Å². The molecule has 0 saturated carbocycles. The number of hydrogen-bond acceptors (Lipinski definition) is 15. The number of hydrogen-bond donors (Lipinski definition) is 8. The van der Waals surface area contributed by atoms with E-state index in [1.54, 1.807) is 0 Å². The molecular weight excluding hydrogens is 778 g/mol. The van der Waals surface area contributed by atoms with E-state index in [2.05, 4.69) is 10.2 Å². The van der Waals surface area contributed by atoms with Crippen molar-refractivity contribution in [2.75, 3.05) is 5.73 Å². The largest absolute Gasteiger partial charge is 0.505 e. The van der Waals surface area contributed by atoms with Crippen molar-refractivity contribution in [3.8, 4) is 11.5 Å². The maximum atomic E-state index is 12.2. The number of fused-ring (bicyclic) bond motifs is 2. The van der Waals surface area contributed by atoms with E-state index in [9.17, 15) is 75.1 Å². The van der Waals surface area contributed by atoms with E-state index < -0.39 is 125 Å². The van der Waals surface area contributed by atoms with Crippen LogP contribution in [0.25, 0.3) is 21.5 Å². The number of anilines is 1. The van der Waals surface area contributed by atoms with Crippen molar-refractivity contribution in [1.29, 1.82) is 0 Å². The molecule has 253 valence electrons. The number of nitrogens with two attached hydrogens (primary N) is 1. The number of benzene rings is 4. The minimum absolute atomic E-state index is 0. The zero-order chi connectivity index (χ0) is 34.2. The van der Waals surface area contributed by atoms with Crippen molar-refractivity contribution in [1.82, 2.24) is 0 Å². The van der Waals surface area contributed by atoms with Crippen molar-refractivity contribution in [3.05, 3.63) is 36.4 Å². The Labute approximate surface area is 268 Å². The second-order valence-corrected chi connectivity index (χ2v) is 15.9. The zero-order valence-corrected chi connectivity index (χ0v) is 26.5. The molecule has 9 N–H and O–H groups in total. The Kier molecular flexibility index (Phi) is 9.33. The van der Waals surface area contributed by atoms with E-state index in [-0.39, 0.29) is 29.2 Å². The normalized spacial score (nSPS) is 13.3. The Bertz CT molecular complexity index is 2590. The Hall–Kier alpha value is -3.53. The molecule has 4 rings (SSSR count). The van der Waals surface area contributed by atoms with E-state index >= 15 is 0 Å². The minimum atomic E-state index is -5.57. The van der Waals surface area contributed by atoms with Crippen molar-refractivity contribution >= 4 is 89.2 Å². The Morgan fingerprint density at radius 1 is 0.522 bits per heavy atom. The number of aromatic hydroxyl groups is 2. The van der Waals surface area contributed by atoms with E-state index in [1.807, 2.05) is 0 Å². The van der Waals surface area contributed by atoms with Gasteiger partial charge in [0.05, 0.1) is 9.79 Å². The van der Waals surface area contributed by atoms with Gasteiger partial charge in [-0.1, -0.05) is 0 Å². The third kappa shape index (κ3) is 6.92. The van der Waals surface area contributed by atoms with E-state index in [1.165, 1.54) is 0 Å². The second-order valence-electron chi connectivity index (χ2n) is 8.84. The average Bonchev–Trinajstić information content (AvgIpc) is 2.85. The summed E-state index contributed by atoms with van der Waals surface area (Å²) in [4.78, 5) is -6.38. The molecule has 0 bridgehead atoms. The maximum absolute atomic E-state index is 12.2. The van der Waals surface area contributed by atoms with Crippen molar-refractivity contribution in [2.45, 2.75) is 24.5 Å². The molecule has 0 unspecified atom stereocenters. The van der Waals surface area contributed by atoms with Gasteiger partial charge in [0.25, 0.3) is 50.6 Å². The van der Waals surface area contributed by atoms with Gasteiger partial charge in [0, 0.05) is 38.9 Å². The molecule has 0 heterocycles. The molecule has 20 nitrogen and oxygen atoms in total. The van der Waals surface area contributed by atoms with Crippen LogP contribution in [-0.4, -0.2) is 75.1 Å². The van der Waals surface area contributed by atoms with Gasteiger partial charge < -0.3 is 15.9 Å². The molecule has 4 aromatic rings. The van der Waals surface area contributed by atoms with Crippen LogP contribution < -0.4 is 5.73 Å². The summed E-state index contributed by atoms with van der Waals surface area (Å²) in [5, 5.41) is 25.1. The average molecular weight is 793 g/mol. The number of phenols is 2. The summed E-state index contributed by atoms with van der Waals surface area (Å²) >= 11 is 0. The van der Waals surface area contributed by atoms with Gasteiger partial charge in [0.2, 0.25) is 0 Å². The zero-order valence-electron chi connectivity index (χ0n) is 21.5. The fourth-order valence-corrected chi connectivity index (χ4v) is 7.36. The molecule has 0 atom stereocenters. The molecule has 0 aliphatic carbocycles. The molecule has 4 aromatic carbocycles. The van der Waals surface area contributed by atoms with Gasteiger partial charge in [-0.3, -0.25) is 22.8 Å². The molecule has 46 heavy (non-hydrogen) atoms. The Morgan fingerprint density at radius 2 is 1.02 bits per heavy atom. The molecule has 0 fully saturated rings. The first-order valence-electron chi connectivity index (χ1n) is 10.9. The fourth-order valence-electron chi connectivity index (χ4n) is 4.11. The van der Waals surface area contributed by atoms with Crippen LogP contribution in [0, 0.1) is 0 Å². The fraction of sp³-hybridized carbons (Fsp3) is 0. The summed E-state index contributed by atoms with van der Waals surface area (Å²) in [5.41, 5.74) is 2.83. The van der Waals surface area contributed by atoms with Gasteiger partial charge in [-0.2, -0.15) is 42.1 Å². The monoisotopic (exact) mass is 792 g/mol. The quantitative estimate of drug-likeness (QED) is 0.0570. The smallest absolute Gasteiger partial charge is 0.296 e. The third-order valence-electron chi connectivity index (χ3n) is 5.93. The number of nitrogen functional groups attached to an aromatic ring is 1. The molecule has 0 aliphatic heterocycles. The topological polar surface area (TPSA) is 363 Å². The molecule has 0 aliphatic rings. The van der Waals surface area contributed by atoms with Crippen LogP contribution in [-0.2, 0) is 67.7 Å². The van der Waals surface area contributed by atoms with Gasteiger partial charge in [0.1, 0.15) is 26.1 Å². The molecule has 0 amide bonds.